The summed E-state index contributed by atoms with van der Waals surface area (Å²) in [4.78, 5) is 11.2. The van der Waals surface area contributed by atoms with Gasteiger partial charge in [-0.05, 0) is 20.3 Å². The molecule has 0 aliphatic rings. The van der Waals surface area contributed by atoms with Crippen LogP contribution in [0.3, 0.4) is 0 Å². The monoisotopic (exact) mass is 184 g/mol. The molecule has 0 bridgehead atoms. The molecule has 4 heteroatoms. The number of nitrogens with zero attached hydrogens (tertiary/aromatic N) is 1. The first-order valence-corrected chi connectivity index (χ1v) is 4.23. The Morgan fingerprint density at radius 1 is 1.62 bits per heavy atom. The lowest BCUT2D eigenvalue weighted by Gasteiger charge is -2.17. The Morgan fingerprint density at radius 2 is 2.23 bits per heavy atom. The third kappa shape index (κ3) is 6.12. The molecule has 0 rings (SSSR count). The van der Waals surface area contributed by atoms with Gasteiger partial charge in [-0.1, -0.05) is 0 Å². The molecule has 0 aromatic rings. The van der Waals surface area contributed by atoms with Gasteiger partial charge in [0.25, 0.3) is 0 Å². The second-order valence-corrected chi connectivity index (χ2v) is 3.38. The Balaban J connectivity index is 3.70. The Morgan fingerprint density at radius 3 is 2.69 bits per heavy atom. The smallest absolute Gasteiger partial charge is 0.221 e. The fourth-order valence-electron chi connectivity index (χ4n) is 0.816. The number of amides is 1. The molecular weight excluding hydrogens is 168 g/mol. The summed E-state index contributed by atoms with van der Waals surface area (Å²) in [5, 5.41) is 11.2. The molecule has 0 heterocycles. The van der Waals surface area contributed by atoms with E-state index in [1.165, 1.54) is 0 Å². The molecule has 0 radical (unpaired) electrons. The van der Waals surface area contributed by atoms with Crippen molar-refractivity contribution in [1.82, 2.24) is 5.32 Å². The maximum absolute atomic E-state index is 11.2. The van der Waals surface area contributed by atoms with Gasteiger partial charge in [0.1, 0.15) is 5.54 Å². The lowest BCUT2D eigenvalue weighted by molar-refractivity contribution is -0.122. The van der Waals surface area contributed by atoms with Gasteiger partial charge in [0, 0.05) is 20.1 Å². The summed E-state index contributed by atoms with van der Waals surface area (Å²) in [5.41, 5.74) is -0.774. The van der Waals surface area contributed by atoms with Crippen molar-refractivity contribution in [1.29, 1.82) is 5.26 Å². The summed E-state index contributed by atoms with van der Waals surface area (Å²) < 4.78 is 4.80. The van der Waals surface area contributed by atoms with Crippen LogP contribution in [0.1, 0.15) is 26.7 Å². The highest BCUT2D eigenvalue weighted by atomic mass is 16.5. The average Bonchev–Trinajstić information content (AvgIpc) is 2.04. The van der Waals surface area contributed by atoms with E-state index in [4.69, 9.17) is 10.00 Å². The van der Waals surface area contributed by atoms with Crippen LogP contribution in [0, 0.1) is 11.3 Å². The molecule has 0 fully saturated rings. The third-order valence-corrected chi connectivity index (χ3v) is 1.48. The first kappa shape index (κ1) is 11.9. The van der Waals surface area contributed by atoms with Gasteiger partial charge in [0.05, 0.1) is 6.07 Å². The Bertz CT molecular complexity index is 206. The van der Waals surface area contributed by atoms with Crippen LogP contribution >= 0.6 is 0 Å². The first-order valence-electron chi connectivity index (χ1n) is 4.23. The lowest BCUT2D eigenvalue weighted by atomic mass is 10.1. The van der Waals surface area contributed by atoms with E-state index in [-0.39, 0.29) is 5.91 Å². The molecule has 1 amide bonds. The van der Waals surface area contributed by atoms with Crippen LogP contribution in [-0.2, 0) is 9.53 Å². The Kier molecular flexibility index (Phi) is 5.09. The van der Waals surface area contributed by atoms with E-state index in [0.29, 0.717) is 19.4 Å². The minimum Gasteiger partial charge on any atom is -0.385 e. The second kappa shape index (κ2) is 5.55. The van der Waals surface area contributed by atoms with Crippen LogP contribution in [0.25, 0.3) is 0 Å². The molecule has 0 aliphatic heterocycles. The molecule has 4 nitrogen and oxygen atoms in total. The van der Waals surface area contributed by atoms with Crippen molar-refractivity contribution in [3.63, 3.8) is 0 Å². The molecule has 0 aromatic heterocycles. The van der Waals surface area contributed by atoms with Gasteiger partial charge in [-0.2, -0.15) is 5.26 Å². The van der Waals surface area contributed by atoms with Crippen molar-refractivity contribution in [2.75, 3.05) is 13.7 Å². The van der Waals surface area contributed by atoms with Gasteiger partial charge >= 0.3 is 0 Å². The molecule has 0 unspecified atom stereocenters. The predicted octanol–water partition coefficient (Wildman–Crippen LogP) is 0.831. The van der Waals surface area contributed by atoms with Gasteiger partial charge < -0.3 is 10.1 Å². The number of nitriles is 1. The molecule has 0 saturated heterocycles. The van der Waals surface area contributed by atoms with E-state index in [1.54, 1.807) is 21.0 Å². The van der Waals surface area contributed by atoms with Gasteiger partial charge in [-0.3, -0.25) is 4.79 Å². The topological polar surface area (TPSA) is 62.1 Å². The van der Waals surface area contributed by atoms with Crippen LogP contribution in [0.15, 0.2) is 0 Å². The number of hydrogen-bond donors (Lipinski definition) is 1. The third-order valence-electron chi connectivity index (χ3n) is 1.48. The van der Waals surface area contributed by atoms with Crippen molar-refractivity contribution in [2.45, 2.75) is 32.2 Å². The summed E-state index contributed by atoms with van der Waals surface area (Å²) in [7, 11) is 1.59. The van der Waals surface area contributed by atoms with Crippen LogP contribution in [0.5, 0.6) is 0 Å². The zero-order valence-electron chi connectivity index (χ0n) is 8.39. The number of carbonyl (C=O) groups excluding carboxylic acids is 1. The summed E-state index contributed by atoms with van der Waals surface area (Å²) >= 11 is 0. The molecule has 74 valence electrons. The average molecular weight is 184 g/mol. The zero-order chi connectivity index (χ0) is 10.3. The van der Waals surface area contributed by atoms with E-state index >= 15 is 0 Å². The Labute approximate surface area is 78.9 Å². The van der Waals surface area contributed by atoms with Gasteiger partial charge in [-0.25, -0.2) is 0 Å². The maximum Gasteiger partial charge on any atom is 0.221 e. The number of rotatable bonds is 5. The van der Waals surface area contributed by atoms with Crippen molar-refractivity contribution in [2.24, 2.45) is 0 Å². The van der Waals surface area contributed by atoms with Crippen molar-refractivity contribution in [3.8, 4) is 6.07 Å². The molecule has 0 saturated carbocycles. The minimum atomic E-state index is -0.774. The van der Waals surface area contributed by atoms with Crippen molar-refractivity contribution >= 4 is 5.91 Å². The SMILES string of the molecule is COCCCC(=O)NC(C)(C)C#N. The minimum absolute atomic E-state index is 0.108. The molecular formula is C9H16N2O2. The van der Waals surface area contributed by atoms with E-state index in [0.717, 1.165) is 0 Å². The number of ether oxygens (including phenoxy) is 1. The Hall–Kier alpha value is -1.08. The number of methoxy groups -OCH3 is 1. The highest BCUT2D eigenvalue weighted by molar-refractivity contribution is 5.77. The molecule has 13 heavy (non-hydrogen) atoms. The highest BCUT2D eigenvalue weighted by Gasteiger charge is 2.18. The van der Waals surface area contributed by atoms with Gasteiger partial charge in [-0.15, -0.1) is 0 Å². The standard InChI is InChI=1S/C9H16N2O2/c1-9(2,7-10)11-8(12)5-4-6-13-3/h4-6H2,1-3H3,(H,11,12). The number of nitrogens with one attached hydrogen (secondary N) is 1. The van der Waals surface area contributed by atoms with E-state index in [2.05, 4.69) is 5.32 Å². The predicted molar refractivity (Wildman–Crippen MR) is 48.9 cm³/mol. The fraction of sp³-hybridized carbons (Fsp3) is 0.778. The van der Waals surface area contributed by atoms with Crippen LogP contribution in [-0.4, -0.2) is 25.2 Å². The largest absolute Gasteiger partial charge is 0.385 e. The van der Waals surface area contributed by atoms with Crippen LogP contribution in [0.4, 0.5) is 0 Å². The molecule has 0 atom stereocenters. The molecule has 0 spiro atoms. The zero-order valence-corrected chi connectivity index (χ0v) is 8.39. The van der Waals surface area contributed by atoms with E-state index < -0.39 is 5.54 Å². The number of hydrogen-bond acceptors (Lipinski definition) is 3. The lowest BCUT2D eigenvalue weighted by Crippen LogP contribution is -2.42. The highest BCUT2D eigenvalue weighted by Crippen LogP contribution is 2.00. The summed E-state index contributed by atoms with van der Waals surface area (Å²) in [6.45, 7) is 3.91. The van der Waals surface area contributed by atoms with Gasteiger partial charge in [0.15, 0.2) is 0 Å². The quantitative estimate of drug-likeness (QED) is 0.644. The summed E-state index contributed by atoms with van der Waals surface area (Å²) in [6, 6.07) is 2.00. The van der Waals surface area contributed by atoms with E-state index in [1.807, 2.05) is 6.07 Å². The van der Waals surface area contributed by atoms with Crippen LogP contribution < -0.4 is 5.32 Å². The second-order valence-electron chi connectivity index (χ2n) is 3.38. The fourth-order valence-corrected chi connectivity index (χ4v) is 0.816. The first-order chi connectivity index (χ1) is 6.02. The summed E-state index contributed by atoms with van der Waals surface area (Å²) in [6.07, 6.45) is 1.09. The van der Waals surface area contributed by atoms with Crippen LogP contribution in [0.2, 0.25) is 0 Å². The molecule has 0 aromatic carbocycles. The van der Waals surface area contributed by atoms with Gasteiger partial charge in [0.2, 0.25) is 5.91 Å². The van der Waals surface area contributed by atoms with Crippen molar-refractivity contribution < 1.29 is 9.53 Å². The molecule has 0 aliphatic carbocycles. The molecule has 1 N–H and O–H groups in total. The van der Waals surface area contributed by atoms with Crippen molar-refractivity contribution in [3.05, 3.63) is 0 Å². The normalized spacial score (nSPS) is 10.6. The summed E-state index contributed by atoms with van der Waals surface area (Å²) in [5.74, 6) is -0.108. The number of carbonyl (C=O) groups is 1. The van der Waals surface area contributed by atoms with E-state index in [9.17, 15) is 4.79 Å². The maximum atomic E-state index is 11.2.